The summed E-state index contributed by atoms with van der Waals surface area (Å²) in [5.41, 5.74) is 3.61. The number of hydrogen-bond donors (Lipinski definition) is 0. The number of halogens is 1. The Bertz CT molecular complexity index is 471. The fraction of sp³-hybridized carbons (Fsp3) is 0.714. The molecule has 2 heteroatoms. The van der Waals surface area contributed by atoms with E-state index in [1.54, 1.807) is 7.11 Å². The highest BCUT2D eigenvalue weighted by molar-refractivity contribution is 9.09. The fourth-order valence-electron chi connectivity index (χ4n) is 2.63. The smallest absolute Gasteiger partial charge is 0.0502 e. The summed E-state index contributed by atoms with van der Waals surface area (Å²) in [7, 11) is 1.76. The summed E-state index contributed by atoms with van der Waals surface area (Å²) in [6, 6.07) is 9.11. The third-order valence-corrected chi connectivity index (χ3v) is 7.27. The molecule has 0 heterocycles. The van der Waals surface area contributed by atoms with Crippen molar-refractivity contribution in [3.05, 3.63) is 35.4 Å². The van der Waals surface area contributed by atoms with Crippen LogP contribution < -0.4 is 0 Å². The van der Waals surface area contributed by atoms with Crippen molar-refractivity contribution in [3.63, 3.8) is 0 Å². The van der Waals surface area contributed by atoms with Gasteiger partial charge in [-0.15, -0.1) is 0 Å². The van der Waals surface area contributed by atoms with Crippen molar-refractivity contribution in [2.45, 2.75) is 66.2 Å². The largest absolute Gasteiger partial charge is 0.384 e. The fourth-order valence-corrected chi connectivity index (χ4v) is 3.39. The summed E-state index contributed by atoms with van der Waals surface area (Å²) < 4.78 is 5.16. The number of methoxy groups -OCH3 is 1. The van der Waals surface area contributed by atoms with Gasteiger partial charge >= 0.3 is 0 Å². The number of hydrogen-bond acceptors (Lipinski definition) is 1. The SMILES string of the molecule is COCCc1ccc(C(C)(C)CCC(C)(C)C(C)(C)CBr)cc1. The van der Waals surface area contributed by atoms with Gasteiger partial charge in [-0.05, 0) is 46.6 Å². The van der Waals surface area contributed by atoms with Crippen LogP contribution in [-0.4, -0.2) is 19.0 Å². The van der Waals surface area contributed by atoms with E-state index in [1.807, 2.05) is 0 Å². The van der Waals surface area contributed by atoms with Gasteiger partial charge in [-0.1, -0.05) is 81.7 Å². The monoisotopic (exact) mass is 382 g/mol. The third kappa shape index (κ3) is 5.60. The maximum Gasteiger partial charge on any atom is 0.0502 e. The Hall–Kier alpha value is -0.340. The Morgan fingerprint density at radius 1 is 0.870 bits per heavy atom. The van der Waals surface area contributed by atoms with Gasteiger partial charge in [-0.3, -0.25) is 0 Å². The molecule has 0 atom stereocenters. The number of benzene rings is 1. The third-order valence-electron chi connectivity index (χ3n) is 5.87. The molecule has 0 bridgehead atoms. The average Bonchev–Trinajstić information content (AvgIpc) is 2.51. The minimum absolute atomic E-state index is 0.208. The summed E-state index contributed by atoms with van der Waals surface area (Å²) in [5.74, 6) is 0. The lowest BCUT2D eigenvalue weighted by atomic mass is 9.64. The van der Waals surface area contributed by atoms with Crippen LogP contribution in [-0.2, 0) is 16.6 Å². The van der Waals surface area contributed by atoms with Crippen LogP contribution in [0.3, 0.4) is 0 Å². The Kier molecular flexibility index (Phi) is 7.35. The number of rotatable bonds is 9. The van der Waals surface area contributed by atoms with Crippen LogP contribution >= 0.6 is 15.9 Å². The molecule has 0 amide bonds. The lowest BCUT2D eigenvalue weighted by Crippen LogP contribution is -2.35. The van der Waals surface area contributed by atoms with Gasteiger partial charge in [0.05, 0.1) is 6.61 Å². The molecule has 0 aromatic heterocycles. The van der Waals surface area contributed by atoms with E-state index in [4.69, 9.17) is 4.74 Å². The molecule has 23 heavy (non-hydrogen) atoms. The first kappa shape index (κ1) is 20.7. The molecule has 0 unspecified atom stereocenters. The van der Waals surface area contributed by atoms with Crippen molar-refractivity contribution < 1.29 is 4.74 Å². The van der Waals surface area contributed by atoms with Crippen LogP contribution in [0.25, 0.3) is 0 Å². The zero-order chi connectivity index (χ0) is 17.7. The Morgan fingerprint density at radius 3 is 1.91 bits per heavy atom. The van der Waals surface area contributed by atoms with E-state index in [1.165, 1.54) is 24.0 Å². The molecule has 0 aliphatic heterocycles. The van der Waals surface area contributed by atoms with E-state index in [-0.39, 0.29) is 5.41 Å². The summed E-state index contributed by atoms with van der Waals surface area (Å²) in [6.45, 7) is 15.1. The lowest BCUT2D eigenvalue weighted by molar-refractivity contribution is 0.114. The highest BCUT2D eigenvalue weighted by atomic mass is 79.9. The van der Waals surface area contributed by atoms with E-state index >= 15 is 0 Å². The highest BCUT2D eigenvalue weighted by Gasteiger charge is 2.37. The zero-order valence-electron chi connectivity index (χ0n) is 16.1. The van der Waals surface area contributed by atoms with Crippen LogP contribution in [0.15, 0.2) is 24.3 Å². The normalized spacial score (nSPS) is 13.4. The predicted octanol–water partition coefficient (Wildman–Crippen LogP) is 6.38. The molecule has 0 saturated carbocycles. The first-order chi connectivity index (χ1) is 10.6. The van der Waals surface area contributed by atoms with Crippen molar-refractivity contribution in [1.82, 2.24) is 0 Å². The topological polar surface area (TPSA) is 9.23 Å². The number of ether oxygens (including phenoxy) is 1. The highest BCUT2D eigenvalue weighted by Crippen LogP contribution is 2.45. The van der Waals surface area contributed by atoms with Crippen molar-refractivity contribution >= 4 is 15.9 Å². The quantitative estimate of drug-likeness (QED) is 0.450. The molecule has 1 nitrogen and oxygen atoms in total. The summed E-state index contributed by atoms with van der Waals surface area (Å²) in [4.78, 5) is 0. The van der Waals surface area contributed by atoms with Crippen molar-refractivity contribution in [2.75, 3.05) is 19.0 Å². The second kappa shape index (κ2) is 8.16. The molecule has 0 aliphatic rings. The predicted molar refractivity (Wildman–Crippen MR) is 106 cm³/mol. The molecule has 0 N–H and O–H groups in total. The maximum atomic E-state index is 5.16. The van der Waals surface area contributed by atoms with Crippen LogP contribution in [0, 0.1) is 10.8 Å². The second-order valence-corrected chi connectivity index (χ2v) is 9.29. The molecule has 0 fully saturated rings. The van der Waals surface area contributed by atoms with Gasteiger partial charge in [0.1, 0.15) is 0 Å². The van der Waals surface area contributed by atoms with Gasteiger partial charge in [0.2, 0.25) is 0 Å². The summed E-state index contributed by atoms with van der Waals surface area (Å²) in [6.07, 6.45) is 3.42. The maximum absolute atomic E-state index is 5.16. The van der Waals surface area contributed by atoms with Gasteiger partial charge in [0.25, 0.3) is 0 Å². The minimum Gasteiger partial charge on any atom is -0.384 e. The van der Waals surface area contributed by atoms with E-state index < -0.39 is 0 Å². The van der Waals surface area contributed by atoms with E-state index in [0.717, 1.165) is 18.4 Å². The molecule has 1 aromatic carbocycles. The van der Waals surface area contributed by atoms with Crippen molar-refractivity contribution in [3.8, 4) is 0 Å². The van der Waals surface area contributed by atoms with Gasteiger partial charge in [-0.25, -0.2) is 0 Å². The van der Waals surface area contributed by atoms with Gasteiger partial charge in [0.15, 0.2) is 0 Å². The van der Waals surface area contributed by atoms with E-state index in [0.29, 0.717) is 10.8 Å². The first-order valence-corrected chi connectivity index (χ1v) is 9.82. The molecule has 0 spiro atoms. The van der Waals surface area contributed by atoms with Crippen LogP contribution in [0.4, 0.5) is 0 Å². The number of alkyl halides is 1. The lowest BCUT2D eigenvalue weighted by Gasteiger charge is -2.42. The second-order valence-electron chi connectivity index (χ2n) is 8.73. The first-order valence-electron chi connectivity index (χ1n) is 8.70. The molecule has 0 radical (unpaired) electrons. The van der Waals surface area contributed by atoms with Crippen molar-refractivity contribution in [2.24, 2.45) is 10.8 Å². The average molecular weight is 383 g/mol. The Labute approximate surface area is 152 Å². The molecule has 0 aliphatic carbocycles. The van der Waals surface area contributed by atoms with Gasteiger partial charge in [0, 0.05) is 12.4 Å². The Morgan fingerprint density at radius 2 is 1.43 bits per heavy atom. The summed E-state index contributed by atoms with van der Waals surface area (Å²) >= 11 is 3.69. The van der Waals surface area contributed by atoms with E-state index in [2.05, 4.69) is 81.7 Å². The molecule has 1 rings (SSSR count). The zero-order valence-corrected chi connectivity index (χ0v) is 17.7. The molecule has 132 valence electrons. The van der Waals surface area contributed by atoms with Crippen molar-refractivity contribution in [1.29, 1.82) is 0 Å². The standard InChI is InChI=1S/C21H35BrO/c1-19(2,13-14-20(3,4)21(5,6)16-22)18-10-8-17(9-11-18)12-15-23-7/h8-11H,12-16H2,1-7H3. The molecule has 1 aromatic rings. The van der Waals surface area contributed by atoms with E-state index in [9.17, 15) is 0 Å². The molecule has 0 saturated heterocycles. The minimum atomic E-state index is 0.208. The van der Waals surface area contributed by atoms with Crippen LogP contribution in [0.2, 0.25) is 0 Å². The van der Waals surface area contributed by atoms with Gasteiger partial charge < -0.3 is 4.74 Å². The summed E-state index contributed by atoms with van der Waals surface area (Å²) in [5, 5.41) is 1.04. The molecular formula is C21H35BrO. The van der Waals surface area contributed by atoms with Crippen LogP contribution in [0.5, 0.6) is 0 Å². The van der Waals surface area contributed by atoms with Crippen LogP contribution in [0.1, 0.15) is 65.5 Å². The molecular weight excluding hydrogens is 348 g/mol. The Balaban J connectivity index is 2.75. The van der Waals surface area contributed by atoms with Gasteiger partial charge in [-0.2, -0.15) is 0 Å².